The molecule has 0 aromatic heterocycles. The second-order valence-corrected chi connectivity index (χ2v) is 5.72. The number of terminal acetylenes is 1. The molecule has 1 aromatic carbocycles. The molecular weight excluding hydrogens is 306 g/mol. The minimum atomic E-state index is -0.0127. The maximum atomic E-state index is 11.7. The zero-order valence-corrected chi connectivity index (χ0v) is 14.4. The number of piperazine rings is 1. The molecule has 0 aliphatic carbocycles. The highest BCUT2D eigenvalue weighted by Crippen LogP contribution is 2.28. The monoisotopic (exact) mass is 331 g/mol. The van der Waals surface area contributed by atoms with Crippen LogP contribution in [-0.2, 0) is 11.3 Å². The van der Waals surface area contributed by atoms with Crippen LogP contribution >= 0.6 is 0 Å². The number of benzene rings is 1. The Morgan fingerprint density at radius 3 is 2.46 bits per heavy atom. The molecule has 1 saturated heterocycles. The first-order valence-electron chi connectivity index (χ1n) is 8.02. The third-order valence-electron chi connectivity index (χ3n) is 4.07. The van der Waals surface area contributed by atoms with E-state index in [0.717, 1.165) is 44.2 Å². The molecule has 0 atom stereocenters. The summed E-state index contributed by atoms with van der Waals surface area (Å²) in [6, 6.07) is 6.00. The summed E-state index contributed by atoms with van der Waals surface area (Å²) >= 11 is 0. The van der Waals surface area contributed by atoms with Crippen LogP contribution in [0.25, 0.3) is 0 Å². The largest absolute Gasteiger partial charge is 0.493 e. The fourth-order valence-electron chi connectivity index (χ4n) is 2.75. The fourth-order valence-corrected chi connectivity index (χ4v) is 2.75. The summed E-state index contributed by atoms with van der Waals surface area (Å²) in [6.45, 7) is 5.16. The minimum Gasteiger partial charge on any atom is -0.493 e. The van der Waals surface area contributed by atoms with E-state index in [1.807, 2.05) is 12.1 Å². The molecule has 24 heavy (non-hydrogen) atoms. The number of ether oxygens (including phenoxy) is 2. The lowest BCUT2D eigenvalue weighted by Crippen LogP contribution is -2.49. The third kappa shape index (κ3) is 5.15. The highest BCUT2D eigenvalue weighted by atomic mass is 16.5. The van der Waals surface area contributed by atoms with Gasteiger partial charge < -0.3 is 14.8 Å². The van der Waals surface area contributed by atoms with Crippen molar-refractivity contribution in [3.05, 3.63) is 23.8 Å². The second kappa shape index (κ2) is 9.16. The van der Waals surface area contributed by atoms with Gasteiger partial charge in [-0.3, -0.25) is 14.6 Å². The summed E-state index contributed by atoms with van der Waals surface area (Å²) in [7, 11) is 3.28. The standard InChI is InChI=1S/C18H25N3O3/c1-4-7-19-18(22)14-21-10-8-20(9-11-21)13-15-5-6-16(23-2)17(12-15)24-3/h1,5-6,12H,7-11,13-14H2,2-3H3,(H,19,22). The molecule has 2 rings (SSSR count). The Bertz CT molecular complexity index is 590. The number of hydrogen-bond donors (Lipinski definition) is 1. The lowest BCUT2D eigenvalue weighted by atomic mass is 10.1. The van der Waals surface area contributed by atoms with Crippen molar-refractivity contribution in [3.63, 3.8) is 0 Å². The molecule has 1 heterocycles. The number of nitrogens with zero attached hydrogens (tertiary/aromatic N) is 2. The van der Waals surface area contributed by atoms with Gasteiger partial charge in [-0.1, -0.05) is 12.0 Å². The zero-order valence-electron chi connectivity index (χ0n) is 14.4. The van der Waals surface area contributed by atoms with Crippen LogP contribution in [-0.4, -0.2) is 69.2 Å². The number of carbonyl (C=O) groups is 1. The third-order valence-corrected chi connectivity index (χ3v) is 4.07. The lowest BCUT2D eigenvalue weighted by molar-refractivity contribution is -0.122. The molecule has 1 fully saturated rings. The molecule has 1 aromatic rings. The minimum absolute atomic E-state index is 0.0127. The number of nitrogens with one attached hydrogen (secondary N) is 1. The van der Waals surface area contributed by atoms with Crippen LogP contribution in [0.4, 0.5) is 0 Å². The first kappa shape index (κ1) is 18.1. The van der Waals surface area contributed by atoms with E-state index in [4.69, 9.17) is 15.9 Å². The predicted octanol–water partition coefficient (Wildman–Crippen LogP) is 0.571. The Balaban J connectivity index is 1.81. The van der Waals surface area contributed by atoms with Crippen LogP contribution in [0.1, 0.15) is 5.56 Å². The van der Waals surface area contributed by atoms with Crippen molar-refractivity contribution in [1.29, 1.82) is 0 Å². The smallest absolute Gasteiger partial charge is 0.234 e. The molecule has 1 aliphatic rings. The van der Waals surface area contributed by atoms with Gasteiger partial charge in [0.05, 0.1) is 27.3 Å². The SMILES string of the molecule is C#CCNC(=O)CN1CCN(Cc2ccc(OC)c(OC)c2)CC1. The Hall–Kier alpha value is -2.23. The molecule has 0 saturated carbocycles. The van der Waals surface area contributed by atoms with Gasteiger partial charge in [0.15, 0.2) is 11.5 Å². The van der Waals surface area contributed by atoms with E-state index in [9.17, 15) is 4.79 Å². The maximum absolute atomic E-state index is 11.7. The van der Waals surface area contributed by atoms with Gasteiger partial charge >= 0.3 is 0 Å². The molecule has 130 valence electrons. The van der Waals surface area contributed by atoms with Gasteiger partial charge in [-0.25, -0.2) is 0 Å². The van der Waals surface area contributed by atoms with Gasteiger partial charge in [0.1, 0.15) is 0 Å². The average molecular weight is 331 g/mol. The summed E-state index contributed by atoms with van der Waals surface area (Å²) in [5.74, 6) is 3.89. The van der Waals surface area contributed by atoms with Gasteiger partial charge in [-0.05, 0) is 17.7 Å². The van der Waals surface area contributed by atoms with Crippen molar-refractivity contribution in [2.24, 2.45) is 0 Å². The van der Waals surface area contributed by atoms with E-state index in [0.29, 0.717) is 6.54 Å². The molecule has 1 N–H and O–H groups in total. The van der Waals surface area contributed by atoms with Gasteiger partial charge in [0.2, 0.25) is 5.91 Å². The van der Waals surface area contributed by atoms with Gasteiger partial charge in [-0.2, -0.15) is 0 Å². The quantitative estimate of drug-likeness (QED) is 0.741. The van der Waals surface area contributed by atoms with Crippen LogP contribution in [0.15, 0.2) is 18.2 Å². The van der Waals surface area contributed by atoms with Crippen molar-refractivity contribution in [3.8, 4) is 23.8 Å². The van der Waals surface area contributed by atoms with Crippen molar-refractivity contribution in [2.75, 3.05) is 53.5 Å². The highest BCUT2D eigenvalue weighted by Gasteiger charge is 2.19. The van der Waals surface area contributed by atoms with Crippen LogP contribution in [0.5, 0.6) is 11.5 Å². The molecule has 0 bridgehead atoms. The highest BCUT2D eigenvalue weighted by molar-refractivity contribution is 5.78. The van der Waals surface area contributed by atoms with E-state index in [1.165, 1.54) is 5.56 Å². The summed E-state index contributed by atoms with van der Waals surface area (Å²) in [4.78, 5) is 16.2. The summed E-state index contributed by atoms with van der Waals surface area (Å²) < 4.78 is 10.6. The molecule has 0 spiro atoms. The van der Waals surface area contributed by atoms with Gasteiger partial charge in [0, 0.05) is 32.7 Å². The summed E-state index contributed by atoms with van der Waals surface area (Å²) in [5, 5.41) is 2.70. The molecule has 0 unspecified atom stereocenters. The van der Waals surface area contributed by atoms with Crippen molar-refractivity contribution < 1.29 is 14.3 Å². The maximum Gasteiger partial charge on any atom is 0.234 e. The number of rotatable bonds is 7. The lowest BCUT2D eigenvalue weighted by Gasteiger charge is -2.34. The molecule has 6 nitrogen and oxygen atoms in total. The molecular formula is C18H25N3O3. The average Bonchev–Trinajstić information content (AvgIpc) is 2.61. The van der Waals surface area contributed by atoms with Crippen molar-refractivity contribution in [1.82, 2.24) is 15.1 Å². The van der Waals surface area contributed by atoms with Crippen LogP contribution in [0.2, 0.25) is 0 Å². The molecule has 6 heteroatoms. The van der Waals surface area contributed by atoms with Crippen LogP contribution < -0.4 is 14.8 Å². The summed E-state index contributed by atoms with van der Waals surface area (Å²) in [6.07, 6.45) is 5.14. The van der Waals surface area contributed by atoms with E-state index >= 15 is 0 Å². The first-order valence-corrected chi connectivity index (χ1v) is 8.02. The van der Waals surface area contributed by atoms with Crippen LogP contribution in [0.3, 0.4) is 0 Å². The van der Waals surface area contributed by atoms with Crippen molar-refractivity contribution >= 4 is 5.91 Å². The number of hydrogen-bond acceptors (Lipinski definition) is 5. The van der Waals surface area contributed by atoms with E-state index in [1.54, 1.807) is 14.2 Å². The van der Waals surface area contributed by atoms with Gasteiger partial charge in [0.25, 0.3) is 0 Å². The number of methoxy groups -OCH3 is 2. The fraction of sp³-hybridized carbons (Fsp3) is 0.500. The molecule has 1 aliphatic heterocycles. The normalized spacial score (nSPS) is 15.5. The van der Waals surface area contributed by atoms with Crippen molar-refractivity contribution in [2.45, 2.75) is 6.54 Å². The topological polar surface area (TPSA) is 54.0 Å². The van der Waals surface area contributed by atoms with E-state index in [2.05, 4.69) is 27.1 Å². The number of amides is 1. The van der Waals surface area contributed by atoms with E-state index < -0.39 is 0 Å². The molecule has 0 radical (unpaired) electrons. The molecule has 1 amide bonds. The Morgan fingerprint density at radius 2 is 1.83 bits per heavy atom. The predicted molar refractivity (Wildman–Crippen MR) is 93.1 cm³/mol. The second-order valence-electron chi connectivity index (χ2n) is 5.72. The van der Waals surface area contributed by atoms with E-state index in [-0.39, 0.29) is 12.5 Å². The van der Waals surface area contributed by atoms with Gasteiger partial charge in [-0.15, -0.1) is 6.42 Å². The summed E-state index contributed by atoms with van der Waals surface area (Å²) in [5.41, 5.74) is 1.19. The number of carbonyl (C=O) groups excluding carboxylic acids is 1. The Labute approximate surface area is 143 Å². The zero-order chi connectivity index (χ0) is 17.4. The Morgan fingerprint density at radius 1 is 1.17 bits per heavy atom. The van der Waals surface area contributed by atoms with Crippen LogP contribution in [0, 0.1) is 12.3 Å². The Kier molecular flexibility index (Phi) is 6.91. The first-order chi connectivity index (χ1) is 11.7.